The number of aromatic nitrogens is 4. The van der Waals surface area contributed by atoms with E-state index in [1.54, 1.807) is 36.2 Å². The summed E-state index contributed by atoms with van der Waals surface area (Å²) < 4.78 is 5.64. The second-order valence-electron chi connectivity index (χ2n) is 7.33. The number of piperidine rings is 1. The summed E-state index contributed by atoms with van der Waals surface area (Å²) in [5.74, 6) is 1.01. The van der Waals surface area contributed by atoms with Gasteiger partial charge in [-0.3, -0.25) is 4.79 Å². The molecule has 1 amide bonds. The van der Waals surface area contributed by atoms with E-state index in [2.05, 4.69) is 15.4 Å². The molecule has 0 unspecified atom stereocenters. The number of benzene rings is 2. The predicted octanol–water partition coefficient (Wildman–Crippen LogP) is 2.42. The van der Waals surface area contributed by atoms with Gasteiger partial charge in [-0.1, -0.05) is 23.7 Å². The van der Waals surface area contributed by atoms with Crippen molar-refractivity contribution in [3.63, 3.8) is 0 Å². The number of amides is 1. The second kappa shape index (κ2) is 8.41. The number of carbonyl (C=O) groups excluding carboxylic acids is 1. The first-order chi connectivity index (χ1) is 14.4. The van der Waals surface area contributed by atoms with E-state index in [0.29, 0.717) is 42.5 Å². The number of carbonyl (C=O) groups is 1. The highest BCUT2D eigenvalue weighted by atomic mass is 35.5. The van der Waals surface area contributed by atoms with Gasteiger partial charge in [0.25, 0.3) is 5.91 Å². The molecule has 1 aromatic heterocycles. The summed E-state index contributed by atoms with van der Waals surface area (Å²) in [7, 11) is 1.70. The smallest absolute Gasteiger partial charge is 0.260 e. The summed E-state index contributed by atoms with van der Waals surface area (Å²) in [5.41, 5.74) is 0.708. The van der Waals surface area contributed by atoms with E-state index >= 15 is 0 Å². The molecule has 1 aliphatic rings. The number of halogens is 1. The first-order valence-corrected chi connectivity index (χ1v) is 10.0. The standard InChI is InChI=1S/C21H22ClN5O3/c1-26-24-20(23-25-26)15-2-8-18(9-3-15)30-14-19(28)27-12-10-21(29,11-13-27)16-4-6-17(22)7-5-16/h2-9,29H,10-14H2,1H3. The normalized spacial score (nSPS) is 15.8. The molecule has 2 aromatic carbocycles. The van der Waals surface area contributed by atoms with Crippen LogP contribution in [-0.4, -0.2) is 55.8 Å². The molecule has 3 aromatic rings. The van der Waals surface area contributed by atoms with Gasteiger partial charge in [0.2, 0.25) is 5.82 Å². The first kappa shape index (κ1) is 20.3. The zero-order valence-corrected chi connectivity index (χ0v) is 17.3. The van der Waals surface area contributed by atoms with Gasteiger partial charge in [-0.15, -0.1) is 10.2 Å². The van der Waals surface area contributed by atoms with Crippen LogP contribution in [0.5, 0.6) is 5.75 Å². The zero-order valence-electron chi connectivity index (χ0n) is 16.5. The highest BCUT2D eigenvalue weighted by molar-refractivity contribution is 6.30. The average molecular weight is 428 g/mol. The van der Waals surface area contributed by atoms with Crippen LogP contribution in [-0.2, 0) is 17.4 Å². The van der Waals surface area contributed by atoms with Crippen LogP contribution in [0.4, 0.5) is 0 Å². The first-order valence-electron chi connectivity index (χ1n) is 9.66. The molecule has 30 heavy (non-hydrogen) atoms. The zero-order chi connectivity index (χ0) is 21.1. The molecule has 0 aliphatic carbocycles. The molecular weight excluding hydrogens is 406 g/mol. The summed E-state index contributed by atoms with van der Waals surface area (Å²) in [4.78, 5) is 15.6. The van der Waals surface area contributed by atoms with Crippen molar-refractivity contribution in [2.45, 2.75) is 18.4 Å². The molecule has 0 spiro atoms. The van der Waals surface area contributed by atoms with Gasteiger partial charge in [0, 0.05) is 23.7 Å². The number of hydrogen-bond donors (Lipinski definition) is 1. The van der Waals surface area contributed by atoms with Crippen molar-refractivity contribution in [3.8, 4) is 17.1 Å². The van der Waals surface area contributed by atoms with Crippen molar-refractivity contribution in [2.75, 3.05) is 19.7 Å². The Morgan fingerprint density at radius 3 is 2.40 bits per heavy atom. The summed E-state index contributed by atoms with van der Waals surface area (Å²) >= 11 is 5.93. The van der Waals surface area contributed by atoms with Crippen LogP contribution < -0.4 is 4.74 Å². The van der Waals surface area contributed by atoms with Crippen molar-refractivity contribution in [2.24, 2.45) is 7.05 Å². The van der Waals surface area contributed by atoms with Crippen LogP contribution in [0.1, 0.15) is 18.4 Å². The number of hydrogen-bond acceptors (Lipinski definition) is 6. The molecule has 8 nitrogen and oxygen atoms in total. The minimum Gasteiger partial charge on any atom is -0.484 e. The van der Waals surface area contributed by atoms with Gasteiger partial charge in [-0.05, 0) is 60.0 Å². The lowest BCUT2D eigenvalue weighted by Gasteiger charge is -2.38. The van der Waals surface area contributed by atoms with E-state index in [0.717, 1.165) is 11.1 Å². The Hall–Kier alpha value is -2.97. The molecule has 1 saturated heterocycles. The van der Waals surface area contributed by atoms with Gasteiger partial charge in [-0.2, -0.15) is 4.80 Å². The van der Waals surface area contributed by atoms with E-state index in [9.17, 15) is 9.90 Å². The number of ether oxygens (including phenoxy) is 1. The molecule has 0 atom stereocenters. The predicted molar refractivity (Wildman–Crippen MR) is 111 cm³/mol. The Bertz CT molecular complexity index is 1010. The van der Waals surface area contributed by atoms with Crippen molar-refractivity contribution in [1.82, 2.24) is 25.1 Å². The maximum absolute atomic E-state index is 12.5. The van der Waals surface area contributed by atoms with Crippen molar-refractivity contribution < 1.29 is 14.6 Å². The van der Waals surface area contributed by atoms with Crippen LogP contribution >= 0.6 is 11.6 Å². The SMILES string of the molecule is Cn1nnc(-c2ccc(OCC(=O)N3CCC(O)(c4ccc(Cl)cc4)CC3)cc2)n1. The Morgan fingerprint density at radius 1 is 1.13 bits per heavy atom. The minimum atomic E-state index is -0.938. The fourth-order valence-electron chi connectivity index (χ4n) is 3.51. The van der Waals surface area contributed by atoms with E-state index in [1.165, 1.54) is 4.80 Å². The lowest BCUT2D eigenvalue weighted by Crippen LogP contribution is -2.46. The molecule has 1 N–H and O–H groups in total. The second-order valence-corrected chi connectivity index (χ2v) is 7.77. The molecule has 156 valence electrons. The molecule has 0 radical (unpaired) electrons. The van der Waals surface area contributed by atoms with Crippen molar-refractivity contribution >= 4 is 17.5 Å². The Labute approximate surface area is 179 Å². The Morgan fingerprint density at radius 2 is 1.80 bits per heavy atom. The van der Waals surface area contributed by atoms with Gasteiger partial charge in [0.05, 0.1) is 12.6 Å². The third-order valence-electron chi connectivity index (χ3n) is 5.31. The molecule has 4 rings (SSSR count). The Balaban J connectivity index is 1.29. The van der Waals surface area contributed by atoms with Crippen LogP contribution in [0.15, 0.2) is 48.5 Å². The summed E-state index contributed by atoms with van der Waals surface area (Å²) in [6.07, 6.45) is 0.945. The average Bonchev–Trinajstić information content (AvgIpc) is 3.19. The number of rotatable bonds is 5. The summed E-state index contributed by atoms with van der Waals surface area (Å²) in [5, 5.41) is 23.5. The summed E-state index contributed by atoms with van der Waals surface area (Å²) in [6, 6.07) is 14.4. The van der Waals surface area contributed by atoms with Crippen LogP contribution in [0.3, 0.4) is 0 Å². The van der Waals surface area contributed by atoms with Crippen LogP contribution in [0.2, 0.25) is 5.02 Å². The third-order valence-corrected chi connectivity index (χ3v) is 5.56. The van der Waals surface area contributed by atoms with Crippen LogP contribution in [0.25, 0.3) is 11.4 Å². The van der Waals surface area contributed by atoms with E-state index < -0.39 is 5.60 Å². The quantitative estimate of drug-likeness (QED) is 0.672. The molecular formula is C21H22ClN5O3. The number of likely N-dealkylation sites (tertiary alicyclic amines) is 1. The van der Waals surface area contributed by atoms with Crippen molar-refractivity contribution in [3.05, 3.63) is 59.1 Å². The van der Waals surface area contributed by atoms with Gasteiger partial charge < -0.3 is 14.7 Å². The Kier molecular flexibility index (Phi) is 5.69. The molecule has 1 aliphatic heterocycles. The maximum Gasteiger partial charge on any atom is 0.260 e. The van der Waals surface area contributed by atoms with Crippen molar-refractivity contribution in [1.29, 1.82) is 0 Å². The number of nitrogens with zero attached hydrogens (tertiary/aromatic N) is 5. The topological polar surface area (TPSA) is 93.4 Å². The largest absolute Gasteiger partial charge is 0.484 e. The summed E-state index contributed by atoms with van der Waals surface area (Å²) in [6.45, 7) is 0.888. The fourth-order valence-corrected chi connectivity index (χ4v) is 3.64. The maximum atomic E-state index is 12.5. The van der Waals surface area contributed by atoms with E-state index in [1.807, 2.05) is 24.3 Å². The number of tetrazole rings is 1. The number of aliphatic hydroxyl groups is 1. The molecule has 0 bridgehead atoms. The highest BCUT2D eigenvalue weighted by Crippen LogP contribution is 2.33. The van der Waals surface area contributed by atoms with E-state index in [4.69, 9.17) is 16.3 Å². The molecule has 1 fully saturated rings. The highest BCUT2D eigenvalue weighted by Gasteiger charge is 2.35. The van der Waals surface area contributed by atoms with Gasteiger partial charge >= 0.3 is 0 Å². The molecule has 9 heteroatoms. The van der Waals surface area contributed by atoms with Crippen LogP contribution in [0, 0.1) is 0 Å². The lowest BCUT2D eigenvalue weighted by molar-refractivity contribution is -0.137. The molecule has 0 saturated carbocycles. The third kappa shape index (κ3) is 4.44. The van der Waals surface area contributed by atoms with E-state index in [-0.39, 0.29) is 12.5 Å². The van der Waals surface area contributed by atoms with Gasteiger partial charge in [0.1, 0.15) is 5.75 Å². The van der Waals surface area contributed by atoms with Gasteiger partial charge in [0.15, 0.2) is 6.61 Å². The number of aryl methyl sites for hydroxylation is 1. The molecule has 2 heterocycles. The van der Waals surface area contributed by atoms with Gasteiger partial charge in [-0.25, -0.2) is 0 Å². The monoisotopic (exact) mass is 427 g/mol. The minimum absolute atomic E-state index is 0.0535. The lowest BCUT2D eigenvalue weighted by atomic mass is 9.84. The fraction of sp³-hybridized carbons (Fsp3) is 0.333.